The molecule has 88 valence electrons. The maximum atomic E-state index is 12.7. The number of rotatable bonds is 4. The Balaban J connectivity index is 2.60. The Morgan fingerprint density at radius 2 is 2.00 bits per heavy atom. The first-order valence-electron chi connectivity index (χ1n) is 5.10. The van der Waals surface area contributed by atoms with Crippen LogP contribution in [0.4, 0.5) is 4.39 Å². The number of hydrogen-bond acceptors (Lipinski definition) is 1. The van der Waals surface area contributed by atoms with E-state index >= 15 is 0 Å². The van der Waals surface area contributed by atoms with Crippen molar-refractivity contribution < 1.29 is 9.18 Å². The molecule has 0 saturated carbocycles. The molecule has 1 aromatic carbocycles. The van der Waals surface area contributed by atoms with E-state index in [-0.39, 0.29) is 17.8 Å². The third kappa shape index (κ3) is 3.59. The Morgan fingerprint density at radius 3 is 2.50 bits per heavy atom. The van der Waals surface area contributed by atoms with Gasteiger partial charge in [0, 0.05) is 18.4 Å². The van der Waals surface area contributed by atoms with Gasteiger partial charge in [0.2, 0.25) is 5.91 Å². The fourth-order valence-corrected chi connectivity index (χ4v) is 1.69. The molecule has 0 bridgehead atoms. The zero-order valence-electron chi connectivity index (χ0n) is 9.41. The molecule has 1 aromatic rings. The number of hydrogen-bond donors (Lipinski definition) is 0. The van der Waals surface area contributed by atoms with Crippen LogP contribution in [0.1, 0.15) is 12.5 Å². The van der Waals surface area contributed by atoms with Gasteiger partial charge in [-0.1, -0.05) is 28.1 Å². The minimum atomic E-state index is -0.279. The zero-order chi connectivity index (χ0) is 12.1. The summed E-state index contributed by atoms with van der Waals surface area (Å²) in [6, 6.07) is 6.18. The van der Waals surface area contributed by atoms with E-state index in [1.165, 1.54) is 12.1 Å². The standard InChI is InChI=1S/C12H15BrFNO/c1-9(8-13)15(2)12(16)7-10-3-5-11(14)6-4-10/h3-6,9H,7-8H2,1-2H3. The molecule has 0 aliphatic rings. The van der Waals surface area contributed by atoms with Crippen molar-refractivity contribution in [2.45, 2.75) is 19.4 Å². The minimum absolute atomic E-state index is 0.0403. The summed E-state index contributed by atoms with van der Waals surface area (Å²) in [6.07, 6.45) is 0.314. The first-order chi connectivity index (χ1) is 7.54. The van der Waals surface area contributed by atoms with Crippen LogP contribution < -0.4 is 0 Å². The molecule has 0 aliphatic heterocycles. The molecule has 2 nitrogen and oxygen atoms in total. The highest BCUT2D eigenvalue weighted by atomic mass is 79.9. The fourth-order valence-electron chi connectivity index (χ4n) is 1.25. The average molecular weight is 288 g/mol. The summed E-state index contributed by atoms with van der Waals surface area (Å²) < 4.78 is 12.7. The second-order valence-corrected chi connectivity index (χ2v) is 4.46. The maximum Gasteiger partial charge on any atom is 0.226 e. The van der Waals surface area contributed by atoms with Gasteiger partial charge < -0.3 is 4.90 Å². The normalized spacial score (nSPS) is 12.2. The zero-order valence-corrected chi connectivity index (χ0v) is 11.0. The van der Waals surface area contributed by atoms with Crippen molar-refractivity contribution in [2.75, 3.05) is 12.4 Å². The molecular formula is C12H15BrFNO. The van der Waals surface area contributed by atoms with Gasteiger partial charge in [-0.3, -0.25) is 4.79 Å². The number of carbonyl (C=O) groups excluding carboxylic acids is 1. The highest BCUT2D eigenvalue weighted by Gasteiger charge is 2.14. The molecular weight excluding hydrogens is 273 g/mol. The van der Waals surface area contributed by atoms with Gasteiger partial charge in [-0.25, -0.2) is 4.39 Å². The second-order valence-electron chi connectivity index (χ2n) is 3.81. The molecule has 1 amide bonds. The van der Waals surface area contributed by atoms with Gasteiger partial charge in [0.1, 0.15) is 5.82 Å². The van der Waals surface area contributed by atoms with Gasteiger partial charge in [0.15, 0.2) is 0 Å². The largest absolute Gasteiger partial charge is 0.342 e. The number of carbonyl (C=O) groups is 1. The summed E-state index contributed by atoms with van der Waals surface area (Å²) in [6.45, 7) is 1.97. The van der Waals surface area contributed by atoms with Crippen LogP contribution in [0, 0.1) is 5.82 Å². The lowest BCUT2D eigenvalue weighted by Crippen LogP contribution is -2.37. The number of halogens is 2. The van der Waals surface area contributed by atoms with E-state index in [0.717, 1.165) is 10.9 Å². The van der Waals surface area contributed by atoms with E-state index in [0.29, 0.717) is 6.42 Å². The third-order valence-corrected chi connectivity index (χ3v) is 3.48. The van der Waals surface area contributed by atoms with Crippen molar-refractivity contribution in [3.63, 3.8) is 0 Å². The predicted molar refractivity (Wildman–Crippen MR) is 66.1 cm³/mol. The van der Waals surface area contributed by atoms with Crippen molar-refractivity contribution in [1.29, 1.82) is 0 Å². The van der Waals surface area contributed by atoms with Gasteiger partial charge in [0.05, 0.1) is 6.42 Å². The van der Waals surface area contributed by atoms with Gasteiger partial charge in [-0.15, -0.1) is 0 Å². The van der Waals surface area contributed by atoms with Crippen LogP contribution >= 0.6 is 15.9 Å². The minimum Gasteiger partial charge on any atom is -0.342 e. The molecule has 0 fully saturated rings. The van der Waals surface area contributed by atoms with Crippen molar-refractivity contribution in [2.24, 2.45) is 0 Å². The summed E-state index contributed by atoms with van der Waals surface area (Å²) in [5, 5.41) is 0.749. The Morgan fingerprint density at radius 1 is 1.44 bits per heavy atom. The fraction of sp³-hybridized carbons (Fsp3) is 0.417. The topological polar surface area (TPSA) is 20.3 Å². The molecule has 1 rings (SSSR count). The predicted octanol–water partition coefficient (Wildman–Crippen LogP) is 2.61. The maximum absolute atomic E-state index is 12.7. The molecule has 0 aliphatic carbocycles. The van der Waals surface area contributed by atoms with Crippen LogP contribution in [0.3, 0.4) is 0 Å². The summed E-state index contributed by atoms with van der Waals surface area (Å²) in [5.74, 6) is -0.239. The van der Waals surface area contributed by atoms with E-state index in [9.17, 15) is 9.18 Å². The molecule has 4 heteroatoms. The first kappa shape index (κ1) is 13.2. The second kappa shape index (κ2) is 5.99. The molecule has 0 saturated heterocycles. The molecule has 0 aromatic heterocycles. The number of amides is 1. The number of nitrogens with zero attached hydrogens (tertiary/aromatic N) is 1. The van der Waals surface area contributed by atoms with Crippen molar-refractivity contribution in [3.8, 4) is 0 Å². The van der Waals surface area contributed by atoms with Crippen LogP contribution in [0.25, 0.3) is 0 Å². The Bertz CT molecular complexity index is 353. The van der Waals surface area contributed by atoms with Gasteiger partial charge in [-0.05, 0) is 24.6 Å². The van der Waals surface area contributed by atoms with Gasteiger partial charge >= 0.3 is 0 Å². The number of alkyl halides is 1. The highest BCUT2D eigenvalue weighted by Crippen LogP contribution is 2.07. The highest BCUT2D eigenvalue weighted by molar-refractivity contribution is 9.09. The van der Waals surface area contributed by atoms with Gasteiger partial charge in [-0.2, -0.15) is 0 Å². The number of likely N-dealkylation sites (N-methyl/N-ethyl adjacent to an activating group) is 1. The van der Waals surface area contributed by atoms with E-state index in [1.54, 1.807) is 24.1 Å². The Kier molecular flexibility index (Phi) is 4.93. The lowest BCUT2D eigenvalue weighted by Gasteiger charge is -2.23. The Hall–Kier alpha value is -0.900. The van der Waals surface area contributed by atoms with Crippen molar-refractivity contribution in [3.05, 3.63) is 35.6 Å². The lowest BCUT2D eigenvalue weighted by atomic mass is 10.1. The van der Waals surface area contributed by atoms with E-state index < -0.39 is 0 Å². The summed E-state index contributed by atoms with van der Waals surface area (Å²) >= 11 is 3.34. The third-order valence-electron chi connectivity index (χ3n) is 2.55. The van der Waals surface area contributed by atoms with Crippen LogP contribution in [0.2, 0.25) is 0 Å². The Labute approximate surface area is 104 Å². The molecule has 0 N–H and O–H groups in total. The monoisotopic (exact) mass is 287 g/mol. The van der Waals surface area contributed by atoms with E-state index in [2.05, 4.69) is 15.9 Å². The quantitative estimate of drug-likeness (QED) is 0.780. The van der Waals surface area contributed by atoms with Crippen LogP contribution in [-0.4, -0.2) is 29.2 Å². The van der Waals surface area contributed by atoms with Crippen molar-refractivity contribution in [1.82, 2.24) is 4.90 Å². The molecule has 16 heavy (non-hydrogen) atoms. The molecule has 0 spiro atoms. The van der Waals surface area contributed by atoms with E-state index in [4.69, 9.17) is 0 Å². The van der Waals surface area contributed by atoms with Crippen LogP contribution in [0.5, 0.6) is 0 Å². The summed E-state index contributed by atoms with van der Waals surface area (Å²) in [7, 11) is 1.78. The lowest BCUT2D eigenvalue weighted by molar-refractivity contribution is -0.130. The SMILES string of the molecule is CC(CBr)N(C)C(=O)Cc1ccc(F)cc1. The van der Waals surface area contributed by atoms with Crippen molar-refractivity contribution >= 4 is 21.8 Å². The molecule has 0 heterocycles. The smallest absolute Gasteiger partial charge is 0.226 e. The van der Waals surface area contributed by atoms with Gasteiger partial charge in [0.25, 0.3) is 0 Å². The first-order valence-corrected chi connectivity index (χ1v) is 6.22. The molecule has 0 radical (unpaired) electrons. The van der Waals surface area contributed by atoms with Crippen LogP contribution in [0.15, 0.2) is 24.3 Å². The molecule has 1 atom stereocenters. The van der Waals surface area contributed by atoms with Crippen LogP contribution in [-0.2, 0) is 11.2 Å². The summed E-state index contributed by atoms with van der Waals surface area (Å²) in [4.78, 5) is 13.5. The average Bonchev–Trinajstić information content (AvgIpc) is 2.30. The summed E-state index contributed by atoms with van der Waals surface area (Å²) in [5.41, 5.74) is 0.833. The number of benzene rings is 1. The van der Waals surface area contributed by atoms with E-state index in [1.807, 2.05) is 6.92 Å². The molecule has 1 unspecified atom stereocenters.